The third-order valence-electron chi connectivity index (χ3n) is 2.00. The fraction of sp³-hybridized carbons (Fsp3) is 0.727. The predicted molar refractivity (Wildman–Crippen MR) is 56.7 cm³/mol. The summed E-state index contributed by atoms with van der Waals surface area (Å²) in [5.41, 5.74) is 0. The first-order valence-corrected chi connectivity index (χ1v) is 5.35. The SMILES string of the molecule is CCOC(=O)CCC(C(C)=O)C(=O)OCC. The van der Waals surface area contributed by atoms with Gasteiger partial charge < -0.3 is 9.47 Å². The van der Waals surface area contributed by atoms with Crippen LogP contribution in [0.25, 0.3) is 0 Å². The average Bonchev–Trinajstić information content (AvgIpc) is 2.18. The van der Waals surface area contributed by atoms with Gasteiger partial charge in [0, 0.05) is 6.42 Å². The normalized spacial score (nSPS) is 11.7. The Bertz CT molecular complexity index is 259. The highest BCUT2D eigenvalue weighted by atomic mass is 16.5. The second-order valence-corrected chi connectivity index (χ2v) is 3.26. The molecule has 0 saturated carbocycles. The molecule has 5 heteroatoms. The predicted octanol–water partition coefficient (Wildman–Crippen LogP) is 1.10. The molecular weight excluding hydrogens is 212 g/mol. The van der Waals surface area contributed by atoms with E-state index in [2.05, 4.69) is 0 Å². The summed E-state index contributed by atoms with van der Waals surface area (Å²) >= 11 is 0. The zero-order valence-corrected chi connectivity index (χ0v) is 9.95. The molecule has 0 aliphatic rings. The van der Waals surface area contributed by atoms with Crippen LogP contribution in [0.5, 0.6) is 0 Å². The Morgan fingerprint density at radius 1 is 1.06 bits per heavy atom. The molecule has 1 atom stereocenters. The summed E-state index contributed by atoms with van der Waals surface area (Å²) < 4.78 is 9.46. The number of hydrogen-bond donors (Lipinski definition) is 0. The smallest absolute Gasteiger partial charge is 0.316 e. The van der Waals surface area contributed by atoms with Crippen molar-refractivity contribution in [1.29, 1.82) is 0 Å². The first-order chi connectivity index (χ1) is 7.52. The van der Waals surface area contributed by atoms with Gasteiger partial charge in [-0.15, -0.1) is 0 Å². The minimum absolute atomic E-state index is 0.0525. The Labute approximate surface area is 95.1 Å². The standard InChI is InChI=1S/C11H18O5/c1-4-15-10(13)7-6-9(8(3)12)11(14)16-5-2/h9H,4-7H2,1-3H3. The number of hydrogen-bond acceptors (Lipinski definition) is 5. The van der Waals surface area contributed by atoms with Gasteiger partial charge in [0.15, 0.2) is 0 Å². The van der Waals surface area contributed by atoms with Crippen LogP contribution < -0.4 is 0 Å². The quantitative estimate of drug-likeness (QED) is 0.484. The summed E-state index contributed by atoms with van der Waals surface area (Å²) in [5, 5.41) is 0. The first kappa shape index (κ1) is 14.6. The number of Topliss-reactive ketones (excluding diaryl/α,β-unsaturated/α-hetero) is 1. The van der Waals surface area contributed by atoms with Crippen LogP contribution in [0.1, 0.15) is 33.6 Å². The van der Waals surface area contributed by atoms with Gasteiger partial charge in [-0.25, -0.2) is 0 Å². The molecule has 0 fully saturated rings. The van der Waals surface area contributed by atoms with Gasteiger partial charge in [0.2, 0.25) is 0 Å². The van der Waals surface area contributed by atoms with Crippen molar-refractivity contribution in [2.75, 3.05) is 13.2 Å². The molecule has 0 rings (SSSR count). The van der Waals surface area contributed by atoms with Gasteiger partial charge >= 0.3 is 11.9 Å². The molecule has 0 aromatic carbocycles. The summed E-state index contributed by atoms with van der Waals surface area (Å²) in [6, 6.07) is 0. The Balaban J connectivity index is 4.19. The van der Waals surface area contributed by atoms with Crippen LogP contribution in [0, 0.1) is 5.92 Å². The van der Waals surface area contributed by atoms with Crippen molar-refractivity contribution in [3.63, 3.8) is 0 Å². The van der Waals surface area contributed by atoms with Crippen LogP contribution in [-0.2, 0) is 23.9 Å². The lowest BCUT2D eigenvalue weighted by atomic mass is 9.99. The van der Waals surface area contributed by atoms with E-state index >= 15 is 0 Å². The molecule has 0 heterocycles. The zero-order chi connectivity index (χ0) is 12.6. The lowest BCUT2D eigenvalue weighted by Gasteiger charge is -2.11. The maximum absolute atomic E-state index is 11.4. The topological polar surface area (TPSA) is 69.7 Å². The summed E-state index contributed by atoms with van der Waals surface area (Å²) in [4.78, 5) is 33.6. The molecule has 0 saturated heterocycles. The minimum Gasteiger partial charge on any atom is -0.466 e. The van der Waals surface area contributed by atoms with E-state index in [9.17, 15) is 14.4 Å². The van der Waals surface area contributed by atoms with Crippen molar-refractivity contribution >= 4 is 17.7 Å². The largest absolute Gasteiger partial charge is 0.466 e. The molecule has 0 N–H and O–H groups in total. The molecule has 16 heavy (non-hydrogen) atoms. The van der Waals surface area contributed by atoms with Gasteiger partial charge in [-0.1, -0.05) is 0 Å². The van der Waals surface area contributed by atoms with E-state index in [1.807, 2.05) is 0 Å². The van der Waals surface area contributed by atoms with Crippen LogP contribution in [-0.4, -0.2) is 30.9 Å². The molecule has 0 aliphatic carbocycles. The number of ketones is 1. The fourth-order valence-electron chi connectivity index (χ4n) is 1.23. The number of carbonyl (C=O) groups is 3. The third kappa shape index (κ3) is 5.48. The molecule has 0 radical (unpaired) electrons. The van der Waals surface area contributed by atoms with Crippen molar-refractivity contribution in [1.82, 2.24) is 0 Å². The summed E-state index contributed by atoms with van der Waals surface area (Å²) in [5.74, 6) is -2.12. The van der Waals surface area contributed by atoms with E-state index in [-0.39, 0.29) is 25.2 Å². The van der Waals surface area contributed by atoms with E-state index < -0.39 is 17.9 Å². The minimum atomic E-state index is -0.857. The third-order valence-corrected chi connectivity index (χ3v) is 2.00. The zero-order valence-electron chi connectivity index (χ0n) is 9.95. The average molecular weight is 230 g/mol. The van der Waals surface area contributed by atoms with Crippen LogP contribution >= 0.6 is 0 Å². The van der Waals surface area contributed by atoms with Crippen molar-refractivity contribution in [3.05, 3.63) is 0 Å². The Morgan fingerprint density at radius 2 is 1.62 bits per heavy atom. The van der Waals surface area contributed by atoms with E-state index in [1.165, 1.54) is 6.92 Å². The molecule has 0 aromatic heterocycles. The van der Waals surface area contributed by atoms with Crippen LogP contribution in [0.4, 0.5) is 0 Å². The van der Waals surface area contributed by atoms with Crippen LogP contribution in [0.15, 0.2) is 0 Å². The summed E-state index contributed by atoms with van der Waals surface area (Å²) in [6.07, 6.45) is 0.198. The molecular formula is C11H18O5. The lowest BCUT2D eigenvalue weighted by molar-refractivity contribution is -0.152. The van der Waals surface area contributed by atoms with Crippen LogP contribution in [0.2, 0.25) is 0 Å². The molecule has 5 nitrogen and oxygen atoms in total. The fourth-order valence-corrected chi connectivity index (χ4v) is 1.23. The molecule has 92 valence electrons. The van der Waals surface area contributed by atoms with Gasteiger partial charge in [0.1, 0.15) is 11.7 Å². The molecule has 0 aliphatic heterocycles. The van der Waals surface area contributed by atoms with Crippen molar-refractivity contribution in [2.24, 2.45) is 5.92 Å². The first-order valence-electron chi connectivity index (χ1n) is 5.35. The maximum atomic E-state index is 11.4. The molecule has 1 unspecified atom stereocenters. The van der Waals surface area contributed by atoms with Crippen molar-refractivity contribution in [3.8, 4) is 0 Å². The lowest BCUT2D eigenvalue weighted by Crippen LogP contribution is -2.25. The highest BCUT2D eigenvalue weighted by Crippen LogP contribution is 2.11. The number of ether oxygens (including phenoxy) is 2. The van der Waals surface area contributed by atoms with E-state index in [0.29, 0.717) is 6.61 Å². The highest BCUT2D eigenvalue weighted by Gasteiger charge is 2.25. The molecule has 0 spiro atoms. The van der Waals surface area contributed by atoms with E-state index in [0.717, 1.165) is 0 Å². The number of esters is 2. The molecule has 0 aromatic rings. The maximum Gasteiger partial charge on any atom is 0.316 e. The monoisotopic (exact) mass is 230 g/mol. The van der Waals surface area contributed by atoms with Gasteiger partial charge in [-0.2, -0.15) is 0 Å². The van der Waals surface area contributed by atoms with Crippen LogP contribution in [0.3, 0.4) is 0 Å². The summed E-state index contributed by atoms with van der Waals surface area (Å²) in [7, 11) is 0. The Kier molecular flexibility index (Phi) is 7.16. The van der Waals surface area contributed by atoms with Gasteiger partial charge in [-0.3, -0.25) is 14.4 Å². The summed E-state index contributed by atoms with van der Waals surface area (Å²) in [6.45, 7) is 5.20. The number of rotatable bonds is 7. The van der Waals surface area contributed by atoms with Gasteiger partial charge in [0.05, 0.1) is 13.2 Å². The van der Waals surface area contributed by atoms with E-state index in [1.54, 1.807) is 13.8 Å². The van der Waals surface area contributed by atoms with E-state index in [4.69, 9.17) is 9.47 Å². The van der Waals surface area contributed by atoms with Crippen molar-refractivity contribution in [2.45, 2.75) is 33.6 Å². The van der Waals surface area contributed by atoms with Gasteiger partial charge in [0.25, 0.3) is 0 Å². The number of carbonyl (C=O) groups excluding carboxylic acids is 3. The Hall–Kier alpha value is -1.39. The molecule has 0 bridgehead atoms. The van der Waals surface area contributed by atoms with Gasteiger partial charge in [-0.05, 0) is 27.2 Å². The van der Waals surface area contributed by atoms with Crippen molar-refractivity contribution < 1.29 is 23.9 Å². The Morgan fingerprint density at radius 3 is 2.06 bits per heavy atom. The second kappa shape index (κ2) is 7.84. The second-order valence-electron chi connectivity index (χ2n) is 3.26. The highest BCUT2D eigenvalue weighted by molar-refractivity contribution is 5.98. The molecule has 0 amide bonds.